The maximum atomic E-state index is 3.88. The first-order valence-electron chi connectivity index (χ1n) is 8.32. The summed E-state index contributed by atoms with van der Waals surface area (Å²) < 4.78 is 0. The van der Waals surface area contributed by atoms with Crippen molar-refractivity contribution in [3.63, 3.8) is 0 Å². The van der Waals surface area contributed by atoms with Crippen LogP contribution in [-0.2, 0) is 0 Å². The fraction of sp³-hybridized carbons (Fsp3) is 1.00. The predicted molar refractivity (Wildman–Crippen MR) is 76.7 cm³/mol. The lowest BCUT2D eigenvalue weighted by atomic mass is 9.85. The third kappa shape index (κ3) is 3.48. The minimum atomic E-state index is 0.882. The molecule has 2 nitrogen and oxygen atoms in total. The summed E-state index contributed by atoms with van der Waals surface area (Å²) in [5.41, 5.74) is 0. The fourth-order valence-corrected chi connectivity index (χ4v) is 3.44. The fourth-order valence-electron chi connectivity index (χ4n) is 3.44. The highest BCUT2D eigenvalue weighted by Crippen LogP contribution is 2.44. The van der Waals surface area contributed by atoms with E-state index < -0.39 is 0 Å². The molecule has 0 radical (unpaired) electrons. The Morgan fingerprint density at radius 1 is 1.06 bits per heavy atom. The Balaban J connectivity index is 1.33. The summed E-state index contributed by atoms with van der Waals surface area (Å²) >= 11 is 0. The zero-order valence-electron chi connectivity index (χ0n) is 12.0. The summed E-state index contributed by atoms with van der Waals surface area (Å²) in [5, 5.41) is 3.88. The van der Waals surface area contributed by atoms with Gasteiger partial charge in [-0.1, -0.05) is 13.3 Å². The van der Waals surface area contributed by atoms with E-state index in [0.29, 0.717) is 0 Å². The number of hydrogen-bond donors (Lipinski definition) is 1. The summed E-state index contributed by atoms with van der Waals surface area (Å²) in [7, 11) is 0. The van der Waals surface area contributed by atoms with Gasteiger partial charge >= 0.3 is 0 Å². The monoisotopic (exact) mass is 250 g/mol. The molecule has 0 heterocycles. The average molecular weight is 250 g/mol. The van der Waals surface area contributed by atoms with Crippen LogP contribution in [0.1, 0.15) is 51.9 Å². The van der Waals surface area contributed by atoms with Gasteiger partial charge in [-0.05, 0) is 62.8 Å². The van der Waals surface area contributed by atoms with E-state index in [2.05, 4.69) is 17.1 Å². The Morgan fingerprint density at radius 3 is 2.17 bits per heavy atom. The van der Waals surface area contributed by atoms with Gasteiger partial charge < -0.3 is 10.2 Å². The van der Waals surface area contributed by atoms with Crippen molar-refractivity contribution in [1.82, 2.24) is 10.2 Å². The summed E-state index contributed by atoms with van der Waals surface area (Å²) in [4.78, 5) is 2.66. The van der Waals surface area contributed by atoms with E-state index >= 15 is 0 Å². The molecule has 0 amide bonds. The molecule has 3 saturated carbocycles. The van der Waals surface area contributed by atoms with Gasteiger partial charge in [0, 0.05) is 25.7 Å². The molecule has 18 heavy (non-hydrogen) atoms. The van der Waals surface area contributed by atoms with Crippen LogP contribution >= 0.6 is 0 Å². The van der Waals surface area contributed by atoms with Gasteiger partial charge in [-0.3, -0.25) is 0 Å². The van der Waals surface area contributed by atoms with Gasteiger partial charge in [-0.2, -0.15) is 0 Å². The SMILES string of the molecule is CCN(CCNC(C1CC1)C1CC1)CC1CCC1. The molecule has 0 spiro atoms. The van der Waals surface area contributed by atoms with Crippen molar-refractivity contribution in [2.45, 2.75) is 57.9 Å². The van der Waals surface area contributed by atoms with Gasteiger partial charge in [0.15, 0.2) is 0 Å². The molecule has 1 N–H and O–H groups in total. The van der Waals surface area contributed by atoms with Gasteiger partial charge in [0.1, 0.15) is 0 Å². The third-order valence-corrected chi connectivity index (χ3v) is 5.26. The van der Waals surface area contributed by atoms with E-state index in [1.807, 2.05) is 0 Å². The summed E-state index contributed by atoms with van der Waals surface area (Å²) in [6, 6.07) is 0.882. The molecule has 0 aromatic rings. The lowest BCUT2D eigenvalue weighted by Gasteiger charge is -2.32. The first kappa shape index (κ1) is 12.9. The Kier molecular flexibility index (Phi) is 4.25. The van der Waals surface area contributed by atoms with E-state index in [4.69, 9.17) is 0 Å². The van der Waals surface area contributed by atoms with Crippen LogP contribution in [0.3, 0.4) is 0 Å². The topological polar surface area (TPSA) is 15.3 Å². The molecule has 3 fully saturated rings. The molecule has 0 bridgehead atoms. The maximum Gasteiger partial charge on any atom is 0.0124 e. The van der Waals surface area contributed by atoms with Gasteiger partial charge in [-0.25, -0.2) is 0 Å². The molecule has 2 heteroatoms. The summed E-state index contributed by atoms with van der Waals surface area (Å²) in [6.45, 7) is 7.39. The van der Waals surface area contributed by atoms with E-state index in [-0.39, 0.29) is 0 Å². The number of hydrogen-bond acceptors (Lipinski definition) is 2. The van der Waals surface area contributed by atoms with Gasteiger partial charge in [-0.15, -0.1) is 0 Å². The molecule has 3 aliphatic carbocycles. The van der Waals surface area contributed by atoms with Crippen molar-refractivity contribution < 1.29 is 0 Å². The molecule has 0 saturated heterocycles. The number of rotatable bonds is 9. The Hall–Kier alpha value is -0.0800. The van der Waals surface area contributed by atoms with Crippen molar-refractivity contribution in [2.24, 2.45) is 17.8 Å². The van der Waals surface area contributed by atoms with Crippen LogP contribution in [0.25, 0.3) is 0 Å². The van der Waals surface area contributed by atoms with Crippen LogP contribution in [0.2, 0.25) is 0 Å². The Labute approximate surface area is 113 Å². The van der Waals surface area contributed by atoms with E-state index in [9.17, 15) is 0 Å². The lowest BCUT2D eigenvalue weighted by Crippen LogP contribution is -2.41. The van der Waals surface area contributed by atoms with Gasteiger partial charge in [0.25, 0.3) is 0 Å². The molecule has 0 aliphatic heterocycles. The van der Waals surface area contributed by atoms with E-state index in [1.165, 1.54) is 71.1 Å². The standard InChI is InChI=1S/C16H30N2/c1-2-18(12-13-4-3-5-13)11-10-17-16(14-6-7-14)15-8-9-15/h13-17H,2-12H2,1H3. The van der Waals surface area contributed by atoms with Crippen LogP contribution in [0.15, 0.2) is 0 Å². The second-order valence-electron chi connectivity index (χ2n) is 6.84. The number of nitrogens with one attached hydrogen (secondary N) is 1. The average Bonchev–Trinajstić information content (AvgIpc) is 3.17. The molecule has 104 valence electrons. The minimum Gasteiger partial charge on any atom is -0.312 e. The predicted octanol–water partition coefficient (Wildman–Crippen LogP) is 2.89. The summed E-state index contributed by atoms with van der Waals surface area (Å²) in [5.74, 6) is 3.10. The van der Waals surface area contributed by atoms with Crippen LogP contribution in [0, 0.1) is 17.8 Å². The minimum absolute atomic E-state index is 0.882. The highest BCUT2D eigenvalue weighted by atomic mass is 15.1. The second-order valence-corrected chi connectivity index (χ2v) is 6.84. The zero-order chi connectivity index (χ0) is 12.4. The van der Waals surface area contributed by atoms with Crippen molar-refractivity contribution in [3.8, 4) is 0 Å². The molecular weight excluding hydrogens is 220 g/mol. The van der Waals surface area contributed by atoms with Crippen LogP contribution < -0.4 is 5.32 Å². The first-order valence-corrected chi connectivity index (χ1v) is 8.32. The molecule has 0 aromatic heterocycles. The smallest absolute Gasteiger partial charge is 0.0124 e. The maximum absolute atomic E-state index is 3.88. The van der Waals surface area contributed by atoms with Crippen LogP contribution in [0.5, 0.6) is 0 Å². The second kappa shape index (κ2) is 5.92. The van der Waals surface area contributed by atoms with Crippen molar-refractivity contribution in [3.05, 3.63) is 0 Å². The molecule has 0 unspecified atom stereocenters. The molecule has 3 aliphatic rings. The Bertz CT molecular complexity index is 242. The third-order valence-electron chi connectivity index (χ3n) is 5.26. The van der Waals surface area contributed by atoms with Crippen molar-refractivity contribution >= 4 is 0 Å². The largest absolute Gasteiger partial charge is 0.312 e. The highest BCUT2D eigenvalue weighted by molar-refractivity contribution is 4.96. The van der Waals surface area contributed by atoms with E-state index in [1.54, 1.807) is 0 Å². The molecule has 0 aromatic carbocycles. The van der Waals surface area contributed by atoms with Crippen LogP contribution in [0.4, 0.5) is 0 Å². The molecule has 3 rings (SSSR count). The van der Waals surface area contributed by atoms with Gasteiger partial charge in [0.05, 0.1) is 0 Å². The number of likely N-dealkylation sites (N-methyl/N-ethyl adjacent to an activating group) is 1. The Morgan fingerprint density at radius 2 is 1.72 bits per heavy atom. The van der Waals surface area contributed by atoms with Crippen molar-refractivity contribution in [1.29, 1.82) is 0 Å². The quantitative estimate of drug-likeness (QED) is 0.677. The normalized spacial score (nSPS) is 24.8. The molecule has 0 atom stereocenters. The number of nitrogens with zero attached hydrogens (tertiary/aromatic N) is 1. The lowest BCUT2D eigenvalue weighted by molar-refractivity contribution is 0.182. The highest BCUT2D eigenvalue weighted by Gasteiger charge is 2.40. The van der Waals surface area contributed by atoms with E-state index in [0.717, 1.165) is 23.8 Å². The summed E-state index contributed by atoms with van der Waals surface area (Å²) in [6.07, 6.45) is 10.4. The molecular formula is C16H30N2. The van der Waals surface area contributed by atoms with Crippen LogP contribution in [-0.4, -0.2) is 37.1 Å². The van der Waals surface area contributed by atoms with Gasteiger partial charge in [0.2, 0.25) is 0 Å². The first-order chi connectivity index (χ1) is 8.86. The van der Waals surface area contributed by atoms with Crippen molar-refractivity contribution in [2.75, 3.05) is 26.2 Å². The zero-order valence-corrected chi connectivity index (χ0v) is 12.0.